The molecule has 126 valence electrons. The zero-order valence-electron chi connectivity index (χ0n) is 13.9. The molecule has 0 aromatic heterocycles. The van der Waals surface area contributed by atoms with Crippen molar-refractivity contribution in [1.82, 2.24) is 20.7 Å². The van der Waals surface area contributed by atoms with E-state index < -0.39 is 5.79 Å². The summed E-state index contributed by atoms with van der Waals surface area (Å²) in [5, 5.41) is 0. The molecular weight excluding hydrogens is 290 g/mol. The van der Waals surface area contributed by atoms with E-state index in [0.29, 0.717) is 12.0 Å². The van der Waals surface area contributed by atoms with Crippen LogP contribution in [0.4, 0.5) is 0 Å². The number of piperazine rings is 1. The van der Waals surface area contributed by atoms with Crippen LogP contribution in [0, 0.1) is 0 Å². The molecule has 7 heteroatoms. The van der Waals surface area contributed by atoms with E-state index in [0.717, 1.165) is 38.3 Å². The van der Waals surface area contributed by atoms with Crippen molar-refractivity contribution >= 4 is 5.96 Å². The average Bonchev–Trinajstić information content (AvgIpc) is 2.89. The highest BCUT2D eigenvalue weighted by atomic mass is 15.6. The largest absolute Gasteiger partial charge is 0.369 e. The zero-order valence-corrected chi connectivity index (χ0v) is 13.9. The third-order valence-corrected chi connectivity index (χ3v) is 4.62. The van der Waals surface area contributed by atoms with Crippen LogP contribution in [-0.4, -0.2) is 48.0 Å². The van der Waals surface area contributed by atoms with Gasteiger partial charge in [-0.1, -0.05) is 24.3 Å². The Labute approximate surface area is 137 Å². The van der Waals surface area contributed by atoms with Crippen LogP contribution in [0.1, 0.15) is 25.0 Å². The Balaban J connectivity index is 1.58. The average molecular weight is 317 g/mol. The van der Waals surface area contributed by atoms with Crippen molar-refractivity contribution in [2.24, 2.45) is 16.5 Å². The first-order valence-corrected chi connectivity index (χ1v) is 8.19. The SMILES string of the molecule is CC(C)N1CCN(Cc2ccc(C3(N)N=C(N)NN3)cc2)CC1. The molecule has 0 radical (unpaired) electrons. The highest BCUT2D eigenvalue weighted by Gasteiger charge is 2.31. The molecule has 1 aromatic rings. The van der Waals surface area contributed by atoms with Crippen LogP contribution < -0.4 is 22.3 Å². The summed E-state index contributed by atoms with van der Waals surface area (Å²) in [7, 11) is 0. The first kappa shape index (κ1) is 16.2. The Hall–Kier alpha value is -1.67. The van der Waals surface area contributed by atoms with Crippen LogP contribution in [0.5, 0.6) is 0 Å². The molecule has 0 saturated carbocycles. The number of hydrogen-bond donors (Lipinski definition) is 4. The van der Waals surface area contributed by atoms with Crippen LogP contribution in [-0.2, 0) is 12.3 Å². The lowest BCUT2D eigenvalue weighted by molar-refractivity contribution is 0.104. The molecule has 2 aliphatic heterocycles. The fourth-order valence-electron chi connectivity index (χ4n) is 3.10. The maximum Gasteiger partial charge on any atom is 0.209 e. The number of rotatable bonds is 4. The summed E-state index contributed by atoms with van der Waals surface area (Å²) in [5.74, 6) is -0.675. The molecule has 1 fully saturated rings. The number of benzene rings is 1. The van der Waals surface area contributed by atoms with Crippen molar-refractivity contribution in [3.05, 3.63) is 35.4 Å². The van der Waals surface area contributed by atoms with Gasteiger partial charge in [0, 0.05) is 44.3 Å². The van der Waals surface area contributed by atoms with Crippen LogP contribution in [0.3, 0.4) is 0 Å². The van der Waals surface area contributed by atoms with E-state index >= 15 is 0 Å². The molecule has 0 spiro atoms. The molecule has 1 atom stereocenters. The van der Waals surface area contributed by atoms with E-state index in [2.05, 4.69) is 51.6 Å². The number of hydrogen-bond acceptors (Lipinski definition) is 7. The monoisotopic (exact) mass is 317 g/mol. The minimum Gasteiger partial charge on any atom is -0.369 e. The van der Waals surface area contributed by atoms with Gasteiger partial charge in [-0.05, 0) is 19.4 Å². The van der Waals surface area contributed by atoms with Gasteiger partial charge < -0.3 is 5.73 Å². The fraction of sp³-hybridized carbons (Fsp3) is 0.562. The van der Waals surface area contributed by atoms with Gasteiger partial charge in [0.25, 0.3) is 0 Å². The highest BCUT2D eigenvalue weighted by molar-refractivity contribution is 5.79. The quantitative estimate of drug-likeness (QED) is 0.609. The van der Waals surface area contributed by atoms with Gasteiger partial charge in [-0.25, -0.2) is 4.99 Å². The molecule has 1 saturated heterocycles. The maximum absolute atomic E-state index is 6.19. The second kappa shape index (κ2) is 6.45. The number of nitrogens with two attached hydrogens (primary N) is 2. The van der Waals surface area contributed by atoms with Gasteiger partial charge in [0.1, 0.15) is 0 Å². The molecule has 0 amide bonds. The zero-order chi connectivity index (χ0) is 16.4. The summed E-state index contributed by atoms with van der Waals surface area (Å²) in [6.45, 7) is 10.0. The van der Waals surface area contributed by atoms with E-state index in [9.17, 15) is 0 Å². The Morgan fingerprint density at radius 3 is 2.35 bits per heavy atom. The summed E-state index contributed by atoms with van der Waals surface area (Å²) in [4.78, 5) is 9.22. The Morgan fingerprint density at radius 1 is 1.17 bits per heavy atom. The van der Waals surface area contributed by atoms with Gasteiger partial charge in [-0.3, -0.25) is 21.0 Å². The molecule has 0 aliphatic carbocycles. The number of nitrogens with one attached hydrogen (secondary N) is 2. The first-order chi connectivity index (χ1) is 11.0. The van der Waals surface area contributed by atoms with E-state index in [1.807, 2.05) is 12.1 Å². The summed E-state index contributed by atoms with van der Waals surface area (Å²) < 4.78 is 0. The Bertz CT molecular complexity index is 560. The second-order valence-corrected chi connectivity index (χ2v) is 6.62. The number of guanidine groups is 1. The maximum atomic E-state index is 6.19. The minimum absolute atomic E-state index is 0.305. The number of aliphatic imine (C=N–C) groups is 1. The lowest BCUT2D eigenvalue weighted by atomic mass is 10.1. The van der Waals surface area contributed by atoms with Gasteiger partial charge in [0.2, 0.25) is 11.7 Å². The standard InChI is InChI=1S/C16H27N7/c1-12(2)23-9-7-22(8-10-23)11-13-3-5-14(6-4-13)16(18)19-15(17)20-21-16/h3-6,12,21H,7-11,18H2,1-2H3,(H3,17,19,20). The van der Waals surface area contributed by atoms with Crippen molar-refractivity contribution in [3.63, 3.8) is 0 Å². The second-order valence-electron chi connectivity index (χ2n) is 6.62. The van der Waals surface area contributed by atoms with Gasteiger partial charge in [-0.2, -0.15) is 5.43 Å². The van der Waals surface area contributed by atoms with Gasteiger partial charge in [-0.15, -0.1) is 0 Å². The predicted molar refractivity (Wildman–Crippen MR) is 92.2 cm³/mol. The summed E-state index contributed by atoms with van der Waals surface area (Å²) in [5.41, 5.74) is 19.6. The van der Waals surface area contributed by atoms with Gasteiger partial charge in [0.05, 0.1) is 0 Å². The van der Waals surface area contributed by atoms with E-state index in [4.69, 9.17) is 11.5 Å². The fourth-order valence-corrected chi connectivity index (χ4v) is 3.10. The molecule has 1 unspecified atom stereocenters. The summed E-state index contributed by atoms with van der Waals surface area (Å²) in [6.07, 6.45) is 0. The molecule has 2 heterocycles. The number of nitrogens with zero attached hydrogens (tertiary/aromatic N) is 3. The van der Waals surface area contributed by atoms with Gasteiger partial charge >= 0.3 is 0 Å². The summed E-state index contributed by atoms with van der Waals surface area (Å²) >= 11 is 0. The topological polar surface area (TPSA) is 94.9 Å². The third-order valence-electron chi connectivity index (χ3n) is 4.62. The lowest BCUT2D eigenvalue weighted by Gasteiger charge is -2.37. The molecule has 3 rings (SSSR count). The molecule has 7 nitrogen and oxygen atoms in total. The Morgan fingerprint density at radius 2 is 1.83 bits per heavy atom. The molecule has 0 bridgehead atoms. The van der Waals surface area contributed by atoms with Crippen molar-refractivity contribution in [1.29, 1.82) is 0 Å². The van der Waals surface area contributed by atoms with Crippen LogP contribution in [0.2, 0.25) is 0 Å². The minimum atomic E-state index is -0.981. The molecule has 1 aromatic carbocycles. The van der Waals surface area contributed by atoms with Crippen LogP contribution in [0.15, 0.2) is 29.3 Å². The van der Waals surface area contributed by atoms with Crippen LogP contribution >= 0.6 is 0 Å². The molecule has 23 heavy (non-hydrogen) atoms. The lowest BCUT2D eigenvalue weighted by Crippen LogP contribution is -2.50. The first-order valence-electron chi connectivity index (χ1n) is 8.19. The molecule has 6 N–H and O–H groups in total. The van der Waals surface area contributed by atoms with E-state index in [1.165, 1.54) is 5.56 Å². The predicted octanol–water partition coefficient (Wildman–Crippen LogP) is -0.296. The van der Waals surface area contributed by atoms with Crippen molar-refractivity contribution in [3.8, 4) is 0 Å². The summed E-state index contributed by atoms with van der Waals surface area (Å²) in [6, 6.07) is 8.89. The van der Waals surface area contributed by atoms with Crippen LogP contribution in [0.25, 0.3) is 0 Å². The van der Waals surface area contributed by atoms with Crippen molar-refractivity contribution in [2.45, 2.75) is 32.2 Å². The molecular formula is C16H27N7. The smallest absolute Gasteiger partial charge is 0.209 e. The van der Waals surface area contributed by atoms with E-state index in [-0.39, 0.29) is 0 Å². The normalized spacial score (nSPS) is 26.3. The van der Waals surface area contributed by atoms with Crippen molar-refractivity contribution < 1.29 is 0 Å². The third kappa shape index (κ3) is 3.64. The van der Waals surface area contributed by atoms with Gasteiger partial charge in [0.15, 0.2) is 0 Å². The Kier molecular flexibility index (Phi) is 4.54. The highest BCUT2D eigenvalue weighted by Crippen LogP contribution is 2.20. The van der Waals surface area contributed by atoms with Crippen molar-refractivity contribution in [2.75, 3.05) is 26.2 Å². The number of hydrazine groups is 1. The molecule has 2 aliphatic rings. The van der Waals surface area contributed by atoms with E-state index in [1.54, 1.807) is 0 Å².